The van der Waals surface area contributed by atoms with Crippen LogP contribution in [0, 0.1) is 10.1 Å². The number of nitro groups is 1. The molecule has 0 aliphatic carbocycles. The number of hydrogen-bond acceptors (Lipinski definition) is 8. The summed E-state index contributed by atoms with van der Waals surface area (Å²) in [6, 6.07) is 10.0. The van der Waals surface area contributed by atoms with Crippen LogP contribution in [-0.2, 0) is 17.8 Å². The number of piperazine rings is 1. The van der Waals surface area contributed by atoms with Crippen LogP contribution in [-0.4, -0.2) is 56.9 Å². The molecule has 3 heterocycles. The highest BCUT2D eigenvalue weighted by Crippen LogP contribution is 2.23. The van der Waals surface area contributed by atoms with Gasteiger partial charge in [-0.3, -0.25) is 19.8 Å². The maximum atomic E-state index is 12.5. The molecular weight excluding hydrogens is 394 g/mol. The summed E-state index contributed by atoms with van der Waals surface area (Å²) in [5.41, 5.74) is 0.800. The highest BCUT2D eigenvalue weighted by atomic mass is 32.1. The molecule has 10 heteroatoms. The Morgan fingerprint density at radius 1 is 1.17 bits per heavy atom. The second-order valence-corrected chi connectivity index (χ2v) is 7.70. The molecule has 1 aliphatic heterocycles. The SMILES string of the molecule is O=C(Cc1ccc([N+](=O)[O-])cc1)N1CCN(Cc2noc(-c3cccs3)n2)CC1. The number of non-ortho nitro benzene ring substituents is 1. The monoisotopic (exact) mass is 413 g/mol. The number of nitrogens with zero attached hydrogens (tertiary/aromatic N) is 5. The van der Waals surface area contributed by atoms with E-state index in [1.807, 2.05) is 22.4 Å². The fourth-order valence-corrected chi connectivity index (χ4v) is 3.84. The Labute approximate surface area is 170 Å². The Morgan fingerprint density at radius 2 is 1.93 bits per heavy atom. The van der Waals surface area contributed by atoms with Crippen molar-refractivity contribution in [3.8, 4) is 10.8 Å². The zero-order valence-electron chi connectivity index (χ0n) is 15.6. The van der Waals surface area contributed by atoms with E-state index in [2.05, 4.69) is 15.0 Å². The van der Waals surface area contributed by atoms with Gasteiger partial charge in [-0.15, -0.1) is 11.3 Å². The molecule has 4 rings (SSSR count). The molecule has 9 nitrogen and oxygen atoms in total. The normalized spacial score (nSPS) is 14.8. The van der Waals surface area contributed by atoms with Crippen LogP contribution in [0.1, 0.15) is 11.4 Å². The number of rotatable bonds is 6. The minimum absolute atomic E-state index is 0.0260. The number of thiophene rings is 1. The largest absolute Gasteiger partial charge is 0.340 e. The van der Waals surface area contributed by atoms with E-state index in [0.29, 0.717) is 31.3 Å². The fourth-order valence-electron chi connectivity index (χ4n) is 3.20. The van der Waals surface area contributed by atoms with Crippen LogP contribution >= 0.6 is 11.3 Å². The summed E-state index contributed by atoms with van der Waals surface area (Å²) in [7, 11) is 0. The lowest BCUT2D eigenvalue weighted by atomic mass is 10.1. The summed E-state index contributed by atoms with van der Waals surface area (Å²) in [6.07, 6.45) is 0.243. The maximum Gasteiger partial charge on any atom is 0.269 e. The molecule has 2 aromatic heterocycles. The van der Waals surface area contributed by atoms with Crippen molar-refractivity contribution in [2.75, 3.05) is 26.2 Å². The second kappa shape index (κ2) is 8.50. The van der Waals surface area contributed by atoms with Gasteiger partial charge >= 0.3 is 0 Å². The first-order valence-electron chi connectivity index (χ1n) is 9.18. The maximum absolute atomic E-state index is 12.5. The van der Waals surface area contributed by atoms with Gasteiger partial charge in [-0.25, -0.2) is 0 Å². The number of carbonyl (C=O) groups excluding carboxylic acids is 1. The van der Waals surface area contributed by atoms with E-state index in [-0.39, 0.29) is 18.0 Å². The Morgan fingerprint density at radius 3 is 2.59 bits per heavy atom. The lowest BCUT2D eigenvalue weighted by molar-refractivity contribution is -0.384. The van der Waals surface area contributed by atoms with E-state index < -0.39 is 4.92 Å². The van der Waals surface area contributed by atoms with E-state index in [1.54, 1.807) is 23.5 Å². The van der Waals surface area contributed by atoms with Crippen LogP contribution in [0.3, 0.4) is 0 Å². The first kappa shape index (κ1) is 19.2. The Balaban J connectivity index is 1.26. The summed E-state index contributed by atoms with van der Waals surface area (Å²) in [5.74, 6) is 1.20. The minimum Gasteiger partial charge on any atom is -0.340 e. The van der Waals surface area contributed by atoms with Crippen LogP contribution in [0.25, 0.3) is 10.8 Å². The number of aromatic nitrogens is 2. The van der Waals surface area contributed by atoms with Gasteiger partial charge in [0, 0.05) is 38.3 Å². The molecule has 1 fully saturated rings. The third-order valence-electron chi connectivity index (χ3n) is 4.79. The lowest BCUT2D eigenvalue weighted by Gasteiger charge is -2.34. The summed E-state index contributed by atoms with van der Waals surface area (Å²) >= 11 is 1.55. The van der Waals surface area contributed by atoms with Gasteiger partial charge in [0.15, 0.2) is 5.82 Å². The molecule has 0 spiro atoms. The summed E-state index contributed by atoms with van der Waals surface area (Å²) in [5, 5.41) is 16.7. The van der Waals surface area contributed by atoms with Crippen molar-refractivity contribution in [1.82, 2.24) is 19.9 Å². The van der Waals surface area contributed by atoms with Crippen molar-refractivity contribution in [3.05, 3.63) is 63.3 Å². The summed E-state index contributed by atoms with van der Waals surface area (Å²) < 4.78 is 5.32. The summed E-state index contributed by atoms with van der Waals surface area (Å²) in [4.78, 5) is 32.2. The van der Waals surface area contributed by atoms with Gasteiger partial charge < -0.3 is 9.42 Å². The average molecular weight is 413 g/mol. The quantitative estimate of drug-likeness (QED) is 0.452. The van der Waals surface area contributed by atoms with Crippen LogP contribution < -0.4 is 0 Å². The number of nitro benzene ring substituents is 1. The van der Waals surface area contributed by atoms with Gasteiger partial charge in [-0.05, 0) is 17.0 Å². The Hall–Kier alpha value is -3.11. The number of carbonyl (C=O) groups is 1. The van der Waals surface area contributed by atoms with Crippen molar-refractivity contribution >= 4 is 22.9 Å². The molecule has 29 heavy (non-hydrogen) atoms. The van der Waals surface area contributed by atoms with Crippen LogP contribution in [0.4, 0.5) is 5.69 Å². The van der Waals surface area contributed by atoms with E-state index >= 15 is 0 Å². The molecule has 1 amide bonds. The molecule has 1 aliphatic rings. The highest BCUT2D eigenvalue weighted by molar-refractivity contribution is 7.13. The van der Waals surface area contributed by atoms with E-state index in [0.717, 1.165) is 23.5 Å². The van der Waals surface area contributed by atoms with E-state index in [4.69, 9.17) is 4.52 Å². The molecule has 0 unspecified atom stereocenters. The third-order valence-corrected chi connectivity index (χ3v) is 5.65. The molecule has 3 aromatic rings. The Kier molecular flexibility index (Phi) is 5.63. The molecule has 1 aromatic carbocycles. The van der Waals surface area contributed by atoms with Crippen molar-refractivity contribution in [2.45, 2.75) is 13.0 Å². The minimum atomic E-state index is -0.446. The molecule has 0 N–H and O–H groups in total. The van der Waals surface area contributed by atoms with E-state index in [1.165, 1.54) is 12.1 Å². The molecular formula is C19H19N5O4S. The van der Waals surface area contributed by atoms with Crippen LogP contribution in [0.5, 0.6) is 0 Å². The van der Waals surface area contributed by atoms with Crippen molar-refractivity contribution in [2.24, 2.45) is 0 Å². The molecule has 0 atom stereocenters. The van der Waals surface area contributed by atoms with Gasteiger partial charge in [0.25, 0.3) is 11.6 Å². The van der Waals surface area contributed by atoms with Crippen LogP contribution in [0.15, 0.2) is 46.3 Å². The smallest absolute Gasteiger partial charge is 0.269 e. The zero-order valence-corrected chi connectivity index (χ0v) is 16.4. The van der Waals surface area contributed by atoms with Gasteiger partial charge in [0.05, 0.1) is 22.8 Å². The topological polar surface area (TPSA) is 106 Å². The van der Waals surface area contributed by atoms with Crippen molar-refractivity contribution in [3.63, 3.8) is 0 Å². The predicted octanol–water partition coefficient (Wildman–Crippen LogP) is 2.59. The van der Waals surface area contributed by atoms with Crippen molar-refractivity contribution < 1.29 is 14.2 Å². The first-order chi connectivity index (χ1) is 14.1. The molecule has 150 valence electrons. The number of amides is 1. The molecule has 0 saturated carbocycles. The van der Waals surface area contributed by atoms with Gasteiger partial charge in [0.2, 0.25) is 5.91 Å². The summed E-state index contributed by atoms with van der Waals surface area (Å²) in [6.45, 7) is 3.30. The van der Waals surface area contributed by atoms with Crippen molar-refractivity contribution in [1.29, 1.82) is 0 Å². The predicted molar refractivity (Wildman–Crippen MR) is 106 cm³/mol. The second-order valence-electron chi connectivity index (χ2n) is 6.75. The number of benzene rings is 1. The van der Waals surface area contributed by atoms with Gasteiger partial charge in [0.1, 0.15) is 0 Å². The Bertz CT molecular complexity index is 978. The lowest BCUT2D eigenvalue weighted by Crippen LogP contribution is -2.48. The average Bonchev–Trinajstić information content (AvgIpc) is 3.41. The standard InChI is InChI=1S/C19H19N5O4S/c25-18(12-14-3-5-15(6-4-14)24(26)27)23-9-7-22(8-10-23)13-17-20-19(28-21-17)16-2-1-11-29-16/h1-6,11H,7-10,12-13H2. The van der Waals surface area contributed by atoms with Crippen LogP contribution in [0.2, 0.25) is 0 Å². The van der Waals surface area contributed by atoms with Gasteiger partial charge in [-0.1, -0.05) is 23.4 Å². The van der Waals surface area contributed by atoms with Gasteiger partial charge in [-0.2, -0.15) is 4.98 Å². The molecule has 0 bridgehead atoms. The third kappa shape index (κ3) is 4.66. The first-order valence-corrected chi connectivity index (χ1v) is 10.1. The number of hydrogen-bond donors (Lipinski definition) is 0. The fraction of sp³-hybridized carbons (Fsp3) is 0.316. The highest BCUT2D eigenvalue weighted by Gasteiger charge is 2.23. The zero-order chi connectivity index (χ0) is 20.2. The molecule has 1 saturated heterocycles. The van der Waals surface area contributed by atoms with E-state index in [9.17, 15) is 14.9 Å². The molecule has 0 radical (unpaired) electrons.